The molecule has 0 aliphatic heterocycles. The van der Waals surface area contributed by atoms with Crippen LogP contribution in [0, 0.1) is 6.92 Å². The van der Waals surface area contributed by atoms with E-state index in [1.165, 1.54) is 18.4 Å². The first-order valence-corrected chi connectivity index (χ1v) is 8.26. The zero-order valence-electron chi connectivity index (χ0n) is 13.8. The van der Waals surface area contributed by atoms with Crippen molar-refractivity contribution in [1.82, 2.24) is 9.97 Å². The summed E-state index contributed by atoms with van der Waals surface area (Å²) < 4.78 is 0. The quantitative estimate of drug-likeness (QED) is 0.625. The van der Waals surface area contributed by atoms with Gasteiger partial charge in [-0.05, 0) is 31.4 Å². The zero-order chi connectivity index (χ0) is 16.1. The Bertz CT molecular complexity index is 762. The van der Waals surface area contributed by atoms with Crippen LogP contribution in [-0.2, 0) is 6.42 Å². The Kier molecular flexibility index (Phi) is 4.82. The molecule has 0 saturated carbocycles. The second kappa shape index (κ2) is 7.19. The van der Waals surface area contributed by atoms with Gasteiger partial charge in [-0.1, -0.05) is 67.9 Å². The average Bonchev–Trinajstić information content (AvgIpc) is 2.60. The molecular weight excluding hydrogens is 280 g/mol. The Morgan fingerprint density at radius 1 is 0.783 bits per heavy atom. The SMILES string of the molecule is CCCCc1ccc(-c2cc(-c3ccccc3)nc(C)n2)cc1. The van der Waals surface area contributed by atoms with Gasteiger partial charge in [-0.15, -0.1) is 0 Å². The van der Waals surface area contributed by atoms with Gasteiger partial charge in [0.25, 0.3) is 0 Å². The van der Waals surface area contributed by atoms with Gasteiger partial charge in [0.05, 0.1) is 11.4 Å². The Hall–Kier alpha value is -2.48. The highest BCUT2D eigenvalue weighted by molar-refractivity contribution is 5.67. The summed E-state index contributed by atoms with van der Waals surface area (Å²) >= 11 is 0. The van der Waals surface area contributed by atoms with E-state index >= 15 is 0 Å². The zero-order valence-corrected chi connectivity index (χ0v) is 13.8. The van der Waals surface area contributed by atoms with E-state index in [-0.39, 0.29) is 0 Å². The molecule has 1 aromatic heterocycles. The number of unbranched alkanes of at least 4 members (excludes halogenated alkanes) is 1. The molecule has 0 N–H and O–H groups in total. The number of hydrogen-bond donors (Lipinski definition) is 0. The molecule has 0 saturated heterocycles. The second-order valence-corrected chi connectivity index (χ2v) is 5.85. The Morgan fingerprint density at radius 3 is 2.00 bits per heavy atom. The lowest BCUT2D eigenvalue weighted by molar-refractivity contribution is 0.795. The lowest BCUT2D eigenvalue weighted by Gasteiger charge is -2.07. The second-order valence-electron chi connectivity index (χ2n) is 5.85. The van der Waals surface area contributed by atoms with Gasteiger partial charge in [-0.2, -0.15) is 0 Å². The number of aromatic nitrogens is 2. The number of rotatable bonds is 5. The van der Waals surface area contributed by atoms with Gasteiger partial charge in [0, 0.05) is 11.1 Å². The van der Waals surface area contributed by atoms with E-state index in [9.17, 15) is 0 Å². The molecule has 0 unspecified atom stereocenters. The fraction of sp³-hybridized carbons (Fsp3) is 0.238. The molecular formula is C21H22N2. The summed E-state index contributed by atoms with van der Waals surface area (Å²) in [5.41, 5.74) is 5.62. The number of aryl methyl sites for hydroxylation is 2. The summed E-state index contributed by atoms with van der Waals surface area (Å²) in [5, 5.41) is 0. The van der Waals surface area contributed by atoms with E-state index in [1.54, 1.807) is 0 Å². The maximum atomic E-state index is 4.61. The van der Waals surface area contributed by atoms with Gasteiger partial charge in [0.1, 0.15) is 5.82 Å². The minimum absolute atomic E-state index is 0.802. The summed E-state index contributed by atoms with van der Waals surface area (Å²) in [4.78, 5) is 9.19. The highest BCUT2D eigenvalue weighted by atomic mass is 14.9. The van der Waals surface area contributed by atoms with Crippen molar-refractivity contribution in [3.8, 4) is 22.5 Å². The van der Waals surface area contributed by atoms with Crippen molar-refractivity contribution in [3.63, 3.8) is 0 Å². The van der Waals surface area contributed by atoms with Crippen LogP contribution >= 0.6 is 0 Å². The van der Waals surface area contributed by atoms with Crippen LogP contribution in [0.15, 0.2) is 60.7 Å². The van der Waals surface area contributed by atoms with Crippen LogP contribution in [-0.4, -0.2) is 9.97 Å². The van der Waals surface area contributed by atoms with Crippen LogP contribution in [0.3, 0.4) is 0 Å². The molecule has 0 aliphatic rings. The molecule has 0 bridgehead atoms. The van der Waals surface area contributed by atoms with Crippen LogP contribution in [0.1, 0.15) is 31.2 Å². The lowest BCUT2D eigenvalue weighted by Crippen LogP contribution is -1.95. The minimum atomic E-state index is 0.802. The van der Waals surface area contributed by atoms with Crippen LogP contribution in [0.2, 0.25) is 0 Å². The average molecular weight is 302 g/mol. The molecule has 116 valence electrons. The number of hydrogen-bond acceptors (Lipinski definition) is 2. The van der Waals surface area contributed by atoms with Gasteiger partial charge in [0.2, 0.25) is 0 Å². The van der Waals surface area contributed by atoms with Crippen molar-refractivity contribution >= 4 is 0 Å². The fourth-order valence-electron chi connectivity index (χ4n) is 2.70. The summed E-state index contributed by atoms with van der Waals surface area (Å²) in [6, 6.07) is 21.1. The molecule has 2 aromatic carbocycles. The van der Waals surface area contributed by atoms with Crippen molar-refractivity contribution < 1.29 is 0 Å². The predicted molar refractivity (Wildman–Crippen MR) is 96.3 cm³/mol. The van der Waals surface area contributed by atoms with Crippen molar-refractivity contribution in [1.29, 1.82) is 0 Å². The van der Waals surface area contributed by atoms with E-state index in [1.807, 2.05) is 25.1 Å². The van der Waals surface area contributed by atoms with Gasteiger partial charge in [-0.25, -0.2) is 9.97 Å². The third kappa shape index (κ3) is 3.84. The fourth-order valence-corrected chi connectivity index (χ4v) is 2.70. The molecule has 2 nitrogen and oxygen atoms in total. The Labute approximate surface area is 138 Å². The van der Waals surface area contributed by atoms with Gasteiger partial charge < -0.3 is 0 Å². The summed E-state index contributed by atoms with van der Waals surface area (Å²) in [6.07, 6.45) is 3.62. The monoisotopic (exact) mass is 302 g/mol. The van der Waals surface area contributed by atoms with E-state index in [0.29, 0.717) is 0 Å². The number of benzene rings is 2. The largest absolute Gasteiger partial charge is 0.233 e. The van der Waals surface area contributed by atoms with Crippen molar-refractivity contribution in [3.05, 3.63) is 72.1 Å². The maximum absolute atomic E-state index is 4.61. The third-order valence-electron chi connectivity index (χ3n) is 3.98. The molecule has 23 heavy (non-hydrogen) atoms. The lowest BCUT2D eigenvalue weighted by atomic mass is 10.0. The first kappa shape index (κ1) is 15.4. The van der Waals surface area contributed by atoms with E-state index < -0.39 is 0 Å². The molecule has 3 aromatic rings. The molecule has 0 spiro atoms. The van der Waals surface area contributed by atoms with Crippen LogP contribution in [0.25, 0.3) is 22.5 Å². The third-order valence-corrected chi connectivity index (χ3v) is 3.98. The maximum Gasteiger partial charge on any atom is 0.126 e. The van der Waals surface area contributed by atoms with Gasteiger partial charge >= 0.3 is 0 Å². The van der Waals surface area contributed by atoms with Gasteiger partial charge in [0.15, 0.2) is 0 Å². The van der Waals surface area contributed by atoms with Crippen LogP contribution < -0.4 is 0 Å². The highest BCUT2D eigenvalue weighted by Crippen LogP contribution is 2.24. The summed E-state index contributed by atoms with van der Waals surface area (Å²) in [7, 11) is 0. The Morgan fingerprint density at radius 2 is 1.39 bits per heavy atom. The molecule has 0 radical (unpaired) electrons. The van der Waals surface area contributed by atoms with Crippen molar-refractivity contribution in [2.75, 3.05) is 0 Å². The molecule has 0 atom stereocenters. The Balaban J connectivity index is 1.92. The molecule has 0 aliphatic carbocycles. The summed E-state index contributed by atoms with van der Waals surface area (Å²) in [5.74, 6) is 0.802. The normalized spacial score (nSPS) is 10.7. The molecule has 3 rings (SSSR count). The van der Waals surface area contributed by atoms with Crippen molar-refractivity contribution in [2.45, 2.75) is 33.1 Å². The topological polar surface area (TPSA) is 25.8 Å². The summed E-state index contributed by atoms with van der Waals surface area (Å²) in [6.45, 7) is 4.18. The predicted octanol–water partition coefficient (Wildman–Crippen LogP) is 5.46. The first-order valence-electron chi connectivity index (χ1n) is 8.26. The molecule has 2 heteroatoms. The molecule has 0 fully saturated rings. The van der Waals surface area contributed by atoms with Gasteiger partial charge in [-0.3, -0.25) is 0 Å². The smallest absolute Gasteiger partial charge is 0.126 e. The standard InChI is InChI=1S/C21H22N2/c1-3-4-8-17-11-13-19(14-12-17)21-15-20(22-16(2)23-21)18-9-6-5-7-10-18/h5-7,9-15H,3-4,8H2,1-2H3. The highest BCUT2D eigenvalue weighted by Gasteiger charge is 2.06. The van der Waals surface area contributed by atoms with Crippen LogP contribution in [0.4, 0.5) is 0 Å². The van der Waals surface area contributed by atoms with E-state index in [0.717, 1.165) is 34.8 Å². The molecule has 1 heterocycles. The molecule has 0 amide bonds. The minimum Gasteiger partial charge on any atom is -0.233 e. The van der Waals surface area contributed by atoms with Crippen molar-refractivity contribution in [2.24, 2.45) is 0 Å². The van der Waals surface area contributed by atoms with E-state index in [4.69, 9.17) is 0 Å². The van der Waals surface area contributed by atoms with Crippen LogP contribution in [0.5, 0.6) is 0 Å². The van der Waals surface area contributed by atoms with E-state index in [2.05, 4.69) is 59.4 Å². The first-order chi connectivity index (χ1) is 11.3. The number of nitrogens with zero attached hydrogens (tertiary/aromatic N) is 2.